The van der Waals surface area contributed by atoms with Crippen LogP contribution >= 0.6 is 11.8 Å². The van der Waals surface area contributed by atoms with Gasteiger partial charge in [0.05, 0.1) is 5.25 Å². The van der Waals surface area contributed by atoms with Crippen LogP contribution in [0.2, 0.25) is 0 Å². The number of carbonyl (C=O) groups is 3. The summed E-state index contributed by atoms with van der Waals surface area (Å²) in [5, 5.41) is 2.97. The van der Waals surface area contributed by atoms with E-state index in [1.165, 1.54) is 49.8 Å². The van der Waals surface area contributed by atoms with Crippen LogP contribution in [0.1, 0.15) is 131 Å². The van der Waals surface area contributed by atoms with E-state index in [-0.39, 0.29) is 28.9 Å². The molecule has 2 rings (SSSR count). The lowest BCUT2D eigenvalue weighted by molar-refractivity contribution is -0.139. The fraction of sp³-hybridized carbons (Fsp3) is 0.903. The Labute approximate surface area is 232 Å². The third-order valence-corrected chi connectivity index (χ3v) is 11.3. The van der Waals surface area contributed by atoms with E-state index in [0.717, 1.165) is 50.8 Å². The summed E-state index contributed by atoms with van der Waals surface area (Å²) in [6.07, 6.45) is 14.4. The molecule has 0 aromatic rings. The first kappa shape index (κ1) is 32.2. The Kier molecular flexibility index (Phi) is 13.5. The van der Waals surface area contributed by atoms with Crippen molar-refractivity contribution in [2.75, 3.05) is 18.8 Å². The topological polar surface area (TPSA) is 66.5 Å². The highest BCUT2D eigenvalue weighted by Crippen LogP contribution is 2.35. The zero-order chi connectivity index (χ0) is 27.5. The van der Waals surface area contributed by atoms with Crippen molar-refractivity contribution in [3.8, 4) is 0 Å². The molecule has 1 unspecified atom stereocenters. The highest BCUT2D eigenvalue weighted by molar-refractivity contribution is 8.00. The number of hydrogen-bond donors (Lipinski definition) is 1. The second kappa shape index (κ2) is 15.5. The van der Waals surface area contributed by atoms with E-state index in [9.17, 15) is 14.4 Å². The number of carbonyl (C=O) groups excluding carboxylic acids is 3. The Morgan fingerprint density at radius 3 is 2.03 bits per heavy atom. The molecule has 3 amide bonds. The molecule has 1 saturated heterocycles. The number of amides is 3. The van der Waals surface area contributed by atoms with Gasteiger partial charge in [-0.3, -0.25) is 19.3 Å². The van der Waals surface area contributed by atoms with Gasteiger partial charge in [0.25, 0.3) is 0 Å². The zero-order valence-corrected chi connectivity index (χ0v) is 25.6. The van der Waals surface area contributed by atoms with Gasteiger partial charge >= 0.3 is 0 Å². The lowest BCUT2D eigenvalue weighted by Gasteiger charge is -2.30. The zero-order valence-electron chi connectivity index (χ0n) is 24.8. The minimum absolute atomic E-state index is 0.00318. The molecule has 2 fully saturated rings. The molecule has 6 heteroatoms. The second-order valence-electron chi connectivity index (χ2n) is 12.5. The molecule has 0 aromatic carbocycles. The quantitative estimate of drug-likeness (QED) is 0.156. The number of unbranched alkanes of at least 4 members (excludes halogenated alkanes) is 1. The molecule has 0 spiro atoms. The average Bonchev–Trinajstić information content (AvgIpc) is 3.18. The van der Waals surface area contributed by atoms with Crippen molar-refractivity contribution in [2.24, 2.45) is 22.7 Å². The number of likely N-dealkylation sites (tertiary alicyclic amines) is 1. The highest BCUT2D eigenvalue weighted by Gasteiger charge is 2.40. The Bertz CT molecular complexity index is 724. The molecular weight excluding hydrogens is 480 g/mol. The van der Waals surface area contributed by atoms with Crippen molar-refractivity contribution in [2.45, 2.75) is 137 Å². The SMILES string of the molecule is CCC(C)(CC)CCCCNC(=O)C1CCC(CN2C(=O)CC(SCCCC(C)(CC)CC)C2=O)CC1. The van der Waals surface area contributed by atoms with Crippen LogP contribution in [-0.2, 0) is 14.4 Å². The predicted octanol–water partition coefficient (Wildman–Crippen LogP) is 7.37. The largest absolute Gasteiger partial charge is 0.356 e. The Morgan fingerprint density at radius 1 is 0.892 bits per heavy atom. The third kappa shape index (κ3) is 9.89. The summed E-state index contributed by atoms with van der Waals surface area (Å²) in [7, 11) is 0. The summed E-state index contributed by atoms with van der Waals surface area (Å²) >= 11 is 1.68. The van der Waals surface area contributed by atoms with Gasteiger partial charge in [-0.05, 0) is 73.9 Å². The van der Waals surface area contributed by atoms with Gasteiger partial charge in [0.15, 0.2) is 0 Å². The summed E-state index contributed by atoms with van der Waals surface area (Å²) in [5.74, 6) is 1.57. The minimum atomic E-state index is -0.198. The van der Waals surface area contributed by atoms with Crippen molar-refractivity contribution >= 4 is 29.5 Å². The third-order valence-electron chi connectivity index (χ3n) is 10.0. The summed E-state index contributed by atoms with van der Waals surface area (Å²) < 4.78 is 0. The van der Waals surface area contributed by atoms with Crippen LogP contribution in [0.25, 0.3) is 0 Å². The van der Waals surface area contributed by atoms with Crippen molar-refractivity contribution in [3.05, 3.63) is 0 Å². The molecule has 0 aromatic heterocycles. The van der Waals surface area contributed by atoms with Crippen LogP contribution in [-0.4, -0.2) is 46.7 Å². The number of thioether (sulfide) groups is 1. The van der Waals surface area contributed by atoms with Gasteiger partial charge in [0.2, 0.25) is 17.7 Å². The van der Waals surface area contributed by atoms with E-state index in [1.807, 2.05) is 0 Å². The maximum atomic E-state index is 13.0. The molecule has 214 valence electrons. The maximum absolute atomic E-state index is 13.0. The summed E-state index contributed by atoms with van der Waals surface area (Å²) in [6, 6.07) is 0. The number of nitrogens with one attached hydrogen (secondary N) is 1. The predicted molar refractivity (Wildman–Crippen MR) is 157 cm³/mol. The fourth-order valence-corrected chi connectivity index (χ4v) is 6.93. The van der Waals surface area contributed by atoms with Gasteiger partial charge in [0, 0.05) is 25.4 Å². The van der Waals surface area contributed by atoms with Crippen LogP contribution in [0.3, 0.4) is 0 Å². The molecule has 2 aliphatic rings. The molecule has 5 nitrogen and oxygen atoms in total. The molecule has 0 bridgehead atoms. The first-order chi connectivity index (χ1) is 17.6. The van der Waals surface area contributed by atoms with Crippen molar-refractivity contribution < 1.29 is 14.4 Å². The Morgan fingerprint density at radius 2 is 1.46 bits per heavy atom. The van der Waals surface area contributed by atoms with E-state index in [1.54, 1.807) is 11.8 Å². The molecule has 1 atom stereocenters. The van der Waals surface area contributed by atoms with E-state index < -0.39 is 0 Å². The number of imide groups is 1. The molecule has 1 aliphatic carbocycles. The lowest BCUT2D eigenvalue weighted by atomic mass is 9.80. The van der Waals surface area contributed by atoms with Gasteiger partial charge in [-0.25, -0.2) is 0 Å². The normalized spacial score (nSPS) is 23.1. The van der Waals surface area contributed by atoms with E-state index in [4.69, 9.17) is 0 Å². The lowest BCUT2D eigenvalue weighted by Crippen LogP contribution is -2.39. The second-order valence-corrected chi connectivity index (χ2v) is 13.8. The fourth-order valence-electron chi connectivity index (χ4n) is 5.80. The molecular formula is C31H56N2O3S. The van der Waals surface area contributed by atoms with Crippen molar-refractivity contribution in [3.63, 3.8) is 0 Å². The molecule has 1 N–H and O–H groups in total. The van der Waals surface area contributed by atoms with Crippen LogP contribution < -0.4 is 5.32 Å². The monoisotopic (exact) mass is 536 g/mol. The smallest absolute Gasteiger partial charge is 0.242 e. The average molecular weight is 537 g/mol. The van der Waals surface area contributed by atoms with Gasteiger partial charge < -0.3 is 5.32 Å². The van der Waals surface area contributed by atoms with Gasteiger partial charge in [-0.1, -0.05) is 73.6 Å². The summed E-state index contributed by atoms with van der Waals surface area (Å²) in [6.45, 7) is 15.1. The molecule has 0 radical (unpaired) electrons. The summed E-state index contributed by atoms with van der Waals surface area (Å²) in [5.41, 5.74) is 0.827. The number of rotatable bonds is 17. The number of hydrogen-bond acceptors (Lipinski definition) is 4. The minimum Gasteiger partial charge on any atom is -0.356 e. The molecule has 1 saturated carbocycles. The first-order valence-electron chi connectivity index (χ1n) is 15.3. The molecule has 1 aliphatic heterocycles. The van der Waals surface area contributed by atoms with Gasteiger partial charge in [-0.15, -0.1) is 11.8 Å². The van der Waals surface area contributed by atoms with Gasteiger partial charge in [-0.2, -0.15) is 0 Å². The summed E-state index contributed by atoms with van der Waals surface area (Å²) in [4.78, 5) is 39.8. The van der Waals surface area contributed by atoms with Crippen LogP contribution in [0.4, 0.5) is 0 Å². The van der Waals surface area contributed by atoms with Crippen molar-refractivity contribution in [1.82, 2.24) is 10.2 Å². The molecule has 37 heavy (non-hydrogen) atoms. The van der Waals surface area contributed by atoms with E-state index >= 15 is 0 Å². The Hall–Kier alpha value is -1.04. The van der Waals surface area contributed by atoms with Gasteiger partial charge in [0.1, 0.15) is 0 Å². The van der Waals surface area contributed by atoms with E-state index in [0.29, 0.717) is 29.7 Å². The highest BCUT2D eigenvalue weighted by atomic mass is 32.2. The van der Waals surface area contributed by atoms with Crippen molar-refractivity contribution in [1.29, 1.82) is 0 Å². The van der Waals surface area contributed by atoms with E-state index in [2.05, 4.69) is 46.9 Å². The van der Waals surface area contributed by atoms with Crippen LogP contribution in [0.15, 0.2) is 0 Å². The van der Waals surface area contributed by atoms with Crippen LogP contribution in [0, 0.1) is 22.7 Å². The standard InChI is InChI=1S/C31H56N2O3S/c1-7-30(5,8-2)18-11-12-20-32-28(35)25-16-14-24(15-17-25)23-33-27(34)22-26(29(33)36)37-21-13-19-31(6,9-3)10-4/h24-26H,7-23H2,1-6H3,(H,32,35). The number of nitrogens with zero attached hydrogens (tertiary/aromatic N) is 1. The Balaban J connectivity index is 1.65. The van der Waals surface area contributed by atoms with Crippen LogP contribution in [0.5, 0.6) is 0 Å². The molecule has 1 heterocycles. The first-order valence-corrected chi connectivity index (χ1v) is 16.4. The maximum Gasteiger partial charge on any atom is 0.242 e.